The summed E-state index contributed by atoms with van der Waals surface area (Å²) in [7, 11) is 1.49. The zero-order chi connectivity index (χ0) is 39.9. The van der Waals surface area contributed by atoms with Crippen LogP contribution < -0.4 is 30.1 Å². The van der Waals surface area contributed by atoms with Gasteiger partial charge in [0.25, 0.3) is 0 Å². The molecule has 13 nitrogen and oxygen atoms in total. The Bertz CT molecular complexity index is 1770. The van der Waals surface area contributed by atoms with Gasteiger partial charge in [-0.2, -0.15) is 9.97 Å². The Morgan fingerprint density at radius 3 is 2.24 bits per heavy atom. The second-order valence-electron chi connectivity index (χ2n) is 14.3. The summed E-state index contributed by atoms with van der Waals surface area (Å²) >= 11 is 1.29. The number of amides is 4. The van der Waals surface area contributed by atoms with E-state index in [0.29, 0.717) is 28.6 Å². The molecule has 0 spiro atoms. The van der Waals surface area contributed by atoms with E-state index < -0.39 is 41.0 Å². The summed E-state index contributed by atoms with van der Waals surface area (Å²) in [5, 5.41) is 8.24. The fourth-order valence-corrected chi connectivity index (χ4v) is 5.58. The molecule has 0 saturated heterocycles. The number of methoxy groups -OCH3 is 1. The molecule has 1 heterocycles. The van der Waals surface area contributed by atoms with E-state index in [1.807, 2.05) is 36.4 Å². The molecule has 0 saturated carbocycles. The van der Waals surface area contributed by atoms with E-state index in [1.54, 1.807) is 71.9 Å². The van der Waals surface area contributed by atoms with Crippen molar-refractivity contribution >= 4 is 41.8 Å². The third-order valence-corrected chi connectivity index (χ3v) is 8.42. The fourth-order valence-electron chi connectivity index (χ4n) is 4.90. The van der Waals surface area contributed by atoms with Gasteiger partial charge in [0.2, 0.25) is 29.5 Å². The van der Waals surface area contributed by atoms with Crippen LogP contribution in [0.25, 0.3) is 17.5 Å². The average molecular weight is 761 g/mol. The Morgan fingerprint density at radius 2 is 1.61 bits per heavy atom. The summed E-state index contributed by atoms with van der Waals surface area (Å²) in [6.45, 7) is 18.1. The maximum atomic E-state index is 13.9. The van der Waals surface area contributed by atoms with Crippen molar-refractivity contribution in [2.45, 2.75) is 78.5 Å². The monoisotopic (exact) mass is 760 g/mol. The number of alkyl carbamates (subject to hydrolysis) is 1. The first-order valence-corrected chi connectivity index (χ1v) is 18.5. The van der Waals surface area contributed by atoms with Gasteiger partial charge >= 0.3 is 6.09 Å². The minimum atomic E-state index is -1.24. The molecule has 4 N–H and O–H groups in total. The van der Waals surface area contributed by atoms with Crippen LogP contribution in [-0.4, -0.2) is 64.8 Å². The molecule has 14 heteroatoms. The number of benzene rings is 2. The van der Waals surface area contributed by atoms with E-state index in [9.17, 15) is 19.2 Å². The van der Waals surface area contributed by atoms with Crippen molar-refractivity contribution in [1.82, 2.24) is 30.6 Å². The molecule has 0 aliphatic rings. The zero-order valence-corrected chi connectivity index (χ0v) is 32.9. The number of nitrogens with one attached hydrogen (secondary N) is 4. The summed E-state index contributed by atoms with van der Waals surface area (Å²) in [6, 6.07) is 13.5. The Hall–Kier alpha value is -5.37. The standard InChI is InChI=1S/C40H52N6O7S/c1-10-12-16-23-54-46-30(47)21-22-41-36(48)33(44-37(49)34(39(3,4)5)45-38(50)53-40(6,7)8)28-19-20-29(26(11-2)24-28)52-32-25-31(51-9)42-35(43-32)27-17-14-13-15-18-27/h10-11,13-15,17-20,24-25,33-34H,1-2,12,16,21-23H2,3-9H3,(H,41,48)(H,44,49)(H,45,50)(H,46,47)/t33?,34-/m1/s1. The van der Waals surface area contributed by atoms with Gasteiger partial charge in [-0.25, -0.2) is 4.79 Å². The van der Waals surface area contributed by atoms with Crippen LogP contribution in [-0.2, 0) is 19.1 Å². The topological polar surface area (TPSA) is 170 Å². The van der Waals surface area contributed by atoms with Gasteiger partial charge in [-0.3, -0.25) is 14.4 Å². The lowest BCUT2D eigenvalue weighted by Crippen LogP contribution is -2.56. The van der Waals surface area contributed by atoms with Crippen molar-refractivity contribution in [1.29, 1.82) is 0 Å². The van der Waals surface area contributed by atoms with Crippen molar-refractivity contribution in [3.05, 3.63) is 85.0 Å². The van der Waals surface area contributed by atoms with Crippen molar-refractivity contribution in [2.75, 3.05) is 19.4 Å². The summed E-state index contributed by atoms with van der Waals surface area (Å²) in [4.78, 5) is 61.9. The summed E-state index contributed by atoms with van der Waals surface area (Å²) < 4.78 is 19.8. The number of hydrogen-bond acceptors (Lipinski definition) is 10. The van der Waals surface area contributed by atoms with Crippen LogP contribution in [0.2, 0.25) is 0 Å². The molecule has 0 radical (unpaired) electrons. The van der Waals surface area contributed by atoms with Crippen LogP contribution in [0, 0.1) is 5.41 Å². The van der Waals surface area contributed by atoms with Gasteiger partial charge in [0.15, 0.2) is 5.82 Å². The van der Waals surface area contributed by atoms with Crippen molar-refractivity contribution in [2.24, 2.45) is 5.41 Å². The second kappa shape index (κ2) is 20.2. The van der Waals surface area contributed by atoms with Crippen LogP contribution in [0.15, 0.2) is 73.8 Å². The number of carbonyl (C=O) groups excluding carboxylic acids is 4. The highest BCUT2D eigenvalue weighted by atomic mass is 32.2. The lowest BCUT2D eigenvalue weighted by Gasteiger charge is -2.32. The van der Waals surface area contributed by atoms with Gasteiger partial charge in [-0.1, -0.05) is 87.8 Å². The number of nitrogens with zero attached hydrogens (tertiary/aromatic N) is 2. The Kier molecular flexibility index (Phi) is 16.1. The average Bonchev–Trinajstić information content (AvgIpc) is 3.11. The molecular weight excluding hydrogens is 709 g/mol. The Morgan fingerprint density at radius 1 is 0.907 bits per heavy atom. The number of unbranched alkanes of at least 4 members (excludes halogenated alkanes) is 1. The number of rotatable bonds is 18. The number of carbonyl (C=O) groups is 4. The van der Waals surface area contributed by atoms with Crippen LogP contribution in [0.5, 0.6) is 17.5 Å². The van der Waals surface area contributed by atoms with E-state index in [4.69, 9.17) is 14.2 Å². The van der Waals surface area contributed by atoms with Gasteiger partial charge in [0.1, 0.15) is 23.4 Å². The number of hydrogen-bond donors (Lipinski definition) is 4. The Labute approximate surface area is 322 Å². The molecule has 4 amide bonds. The molecule has 3 rings (SSSR count). The van der Waals surface area contributed by atoms with E-state index in [-0.39, 0.29) is 24.8 Å². The van der Waals surface area contributed by atoms with Gasteiger partial charge < -0.3 is 34.9 Å². The molecule has 290 valence electrons. The van der Waals surface area contributed by atoms with Gasteiger partial charge in [0.05, 0.1) is 13.2 Å². The number of ether oxygens (including phenoxy) is 3. The van der Waals surface area contributed by atoms with Crippen molar-refractivity contribution < 1.29 is 33.4 Å². The quantitative estimate of drug-likeness (QED) is 0.0607. The molecule has 0 aliphatic carbocycles. The van der Waals surface area contributed by atoms with Crippen LogP contribution in [0.4, 0.5) is 4.79 Å². The predicted octanol–water partition coefficient (Wildman–Crippen LogP) is 6.92. The van der Waals surface area contributed by atoms with Gasteiger partial charge in [-0.05, 0) is 56.7 Å². The van der Waals surface area contributed by atoms with E-state index in [0.717, 1.165) is 24.2 Å². The number of aromatic nitrogens is 2. The highest BCUT2D eigenvalue weighted by Crippen LogP contribution is 2.31. The van der Waals surface area contributed by atoms with E-state index in [2.05, 4.69) is 43.8 Å². The lowest BCUT2D eigenvalue weighted by molar-refractivity contribution is -0.131. The lowest BCUT2D eigenvalue weighted by atomic mass is 9.86. The summed E-state index contributed by atoms with van der Waals surface area (Å²) in [5.74, 6) is 0.548. The van der Waals surface area contributed by atoms with Crippen LogP contribution in [0.1, 0.15) is 78.0 Å². The third kappa shape index (κ3) is 13.9. The summed E-state index contributed by atoms with van der Waals surface area (Å²) in [6.07, 6.45) is 4.33. The normalized spacial score (nSPS) is 12.4. The summed E-state index contributed by atoms with van der Waals surface area (Å²) in [5.41, 5.74) is 0.0720. The van der Waals surface area contributed by atoms with Crippen LogP contribution >= 0.6 is 11.9 Å². The largest absolute Gasteiger partial charge is 0.481 e. The molecule has 0 bridgehead atoms. The SMILES string of the molecule is C=CCCCSNC(=O)CCNC(=O)C(NC(=O)[C@@H](NC(=O)OC(C)(C)C)C(C)(C)C)c1ccc(Oc2cc(OC)nc(-c3ccccc3)n2)c(C=C)c1. The maximum Gasteiger partial charge on any atom is 0.408 e. The highest BCUT2D eigenvalue weighted by Gasteiger charge is 2.36. The molecule has 0 aliphatic heterocycles. The molecule has 0 fully saturated rings. The fraction of sp³-hybridized carbons (Fsp3) is 0.400. The third-order valence-electron chi connectivity index (χ3n) is 7.55. The maximum absolute atomic E-state index is 13.9. The van der Waals surface area contributed by atoms with Gasteiger partial charge in [0, 0.05) is 29.8 Å². The molecular formula is C40H52N6O7S. The highest BCUT2D eigenvalue weighted by molar-refractivity contribution is 7.97. The van der Waals surface area contributed by atoms with Crippen molar-refractivity contribution in [3.8, 4) is 28.9 Å². The van der Waals surface area contributed by atoms with Gasteiger partial charge in [-0.15, -0.1) is 6.58 Å². The van der Waals surface area contributed by atoms with Crippen molar-refractivity contribution in [3.63, 3.8) is 0 Å². The van der Waals surface area contributed by atoms with E-state index >= 15 is 0 Å². The zero-order valence-electron chi connectivity index (χ0n) is 32.1. The molecule has 1 unspecified atom stereocenters. The molecule has 2 atom stereocenters. The number of allylic oxidation sites excluding steroid dienone is 1. The first-order valence-electron chi connectivity index (χ1n) is 17.6. The Balaban J connectivity index is 1.91. The van der Waals surface area contributed by atoms with Crippen LogP contribution in [0.3, 0.4) is 0 Å². The predicted molar refractivity (Wildman–Crippen MR) is 212 cm³/mol. The molecule has 3 aromatic rings. The van der Waals surface area contributed by atoms with E-state index in [1.165, 1.54) is 19.1 Å². The smallest absolute Gasteiger partial charge is 0.408 e. The second-order valence-corrected chi connectivity index (χ2v) is 15.2. The first kappa shape index (κ1) is 43.0. The minimum absolute atomic E-state index is 0.0118. The molecule has 2 aromatic carbocycles. The molecule has 1 aromatic heterocycles. The minimum Gasteiger partial charge on any atom is -0.481 e. The molecule has 54 heavy (non-hydrogen) atoms. The first-order chi connectivity index (χ1) is 25.5.